The van der Waals surface area contributed by atoms with Gasteiger partial charge in [0.25, 0.3) is 0 Å². The lowest BCUT2D eigenvalue weighted by Crippen LogP contribution is -2.26. The summed E-state index contributed by atoms with van der Waals surface area (Å²) in [5, 5.41) is 4.74. The molecule has 2 nitrogen and oxygen atoms in total. The third-order valence-corrected chi connectivity index (χ3v) is 3.21. The van der Waals surface area contributed by atoms with E-state index < -0.39 is 0 Å². The van der Waals surface area contributed by atoms with E-state index in [0.29, 0.717) is 16.1 Å². The molecule has 1 aromatic carbocycles. The van der Waals surface area contributed by atoms with Crippen LogP contribution >= 0.6 is 23.2 Å². The monoisotopic (exact) mass is 245 g/mol. The quantitative estimate of drug-likeness (QED) is 0.861. The lowest BCUT2D eigenvalue weighted by atomic mass is 10.1. The van der Waals surface area contributed by atoms with Crippen LogP contribution in [0, 0.1) is 0 Å². The number of rotatable bonds is 2. The van der Waals surface area contributed by atoms with Crippen molar-refractivity contribution in [3.8, 4) is 0 Å². The molecule has 1 fully saturated rings. The Bertz CT molecular complexity index is 356. The van der Waals surface area contributed by atoms with Crippen LogP contribution in [0.5, 0.6) is 0 Å². The normalized spacial score (nSPS) is 25.5. The zero-order valence-electron chi connectivity index (χ0n) is 8.47. The van der Waals surface area contributed by atoms with Crippen LogP contribution in [0.25, 0.3) is 0 Å². The van der Waals surface area contributed by atoms with Gasteiger partial charge in [0.2, 0.25) is 0 Å². The average Bonchev–Trinajstić information content (AvgIpc) is 2.58. The van der Waals surface area contributed by atoms with E-state index in [0.717, 1.165) is 18.7 Å². The van der Waals surface area contributed by atoms with Crippen molar-refractivity contribution in [1.82, 2.24) is 0 Å². The van der Waals surface area contributed by atoms with E-state index in [4.69, 9.17) is 27.9 Å². The first-order valence-corrected chi connectivity index (χ1v) is 5.75. The summed E-state index contributed by atoms with van der Waals surface area (Å²) in [6.45, 7) is 2.86. The Morgan fingerprint density at radius 2 is 2.20 bits per heavy atom. The van der Waals surface area contributed by atoms with Crippen LogP contribution in [-0.2, 0) is 4.74 Å². The third-order valence-electron chi connectivity index (χ3n) is 2.65. The molecule has 0 saturated carbocycles. The summed E-state index contributed by atoms with van der Waals surface area (Å²) in [5.74, 6) is 0. The zero-order valence-corrected chi connectivity index (χ0v) is 9.98. The van der Waals surface area contributed by atoms with Crippen molar-refractivity contribution in [2.45, 2.75) is 25.5 Å². The van der Waals surface area contributed by atoms with E-state index in [9.17, 15) is 0 Å². The van der Waals surface area contributed by atoms with E-state index in [1.165, 1.54) is 0 Å². The van der Waals surface area contributed by atoms with Gasteiger partial charge in [-0.3, -0.25) is 0 Å². The zero-order chi connectivity index (χ0) is 10.8. The number of hydrogen-bond acceptors (Lipinski definition) is 2. The van der Waals surface area contributed by atoms with Crippen molar-refractivity contribution in [3.63, 3.8) is 0 Å². The molecule has 1 aliphatic rings. The number of hydrogen-bond donors (Lipinski definition) is 1. The van der Waals surface area contributed by atoms with Crippen LogP contribution in [0.15, 0.2) is 18.2 Å². The molecule has 1 saturated heterocycles. The van der Waals surface area contributed by atoms with Gasteiger partial charge >= 0.3 is 0 Å². The maximum atomic E-state index is 6.06. The molecule has 1 N–H and O–H groups in total. The van der Waals surface area contributed by atoms with Gasteiger partial charge in [-0.25, -0.2) is 0 Å². The maximum Gasteiger partial charge on any atom is 0.0748 e. The molecule has 1 aromatic rings. The highest BCUT2D eigenvalue weighted by atomic mass is 35.5. The molecule has 15 heavy (non-hydrogen) atoms. The van der Waals surface area contributed by atoms with Crippen molar-refractivity contribution in [3.05, 3.63) is 28.2 Å². The molecular weight excluding hydrogens is 233 g/mol. The van der Waals surface area contributed by atoms with Crippen LogP contribution in [0.2, 0.25) is 10.0 Å². The number of anilines is 1. The fourth-order valence-electron chi connectivity index (χ4n) is 1.73. The molecule has 2 unspecified atom stereocenters. The lowest BCUT2D eigenvalue weighted by Gasteiger charge is -2.18. The van der Waals surface area contributed by atoms with E-state index in [2.05, 4.69) is 12.2 Å². The molecule has 0 amide bonds. The Morgan fingerprint density at radius 1 is 1.40 bits per heavy atom. The summed E-state index contributed by atoms with van der Waals surface area (Å²) >= 11 is 12.0. The molecule has 0 bridgehead atoms. The summed E-state index contributed by atoms with van der Waals surface area (Å²) < 4.78 is 5.47. The second-order valence-electron chi connectivity index (χ2n) is 3.74. The minimum Gasteiger partial charge on any atom is -0.378 e. The number of nitrogens with one attached hydrogen (secondary N) is 1. The Morgan fingerprint density at radius 3 is 2.87 bits per heavy atom. The molecule has 2 rings (SSSR count). The highest BCUT2D eigenvalue weighted by molar-refractivity contribution is 6.35. The van der Waals surface area contributed by atoms with Gasteiger partial charge in [-0.2, -0.15) is 0 Å². The number of halogens is 2. The van der Waals surface area contributed by atoms with Crippen molar-refractivity contribution in [2.24, 2.45) is 0 Å². The van der Waals surface area contributed by atoms with E-state index in [1.54, 1.807) is 12.1 Å². The molecule has 1 heterocycles. The van der Waals surface area contributed by atoms with E-state index >= 15 is 0 Å². The minimum absolute atomic E-state index is 0.222. The first-order valence-electron chi connectivity index (χ1n) is 5.00. The largest absolute Gasteiger partial charge is 0.378 e. The Hall–Kier alpha value is -0.440. The predicted molar refractivity (Wildman–Crippen MR) is 63.9 cm³/mol. The van der Waals surface area contributed by atoms with Gasteiger partial charge in [0.15, 0.2) is 0 Å². The summed E-state index contributed by atoms with van der Waals surface area (Å²) in [4.78, 5) is 0. The Kier molecular flexibility index (Phi) is 3.39. The molecule has 82 valence electrons. The molecular formula is C11H13Cl2NO. The van der Waals surface area contributed by atoms with Crippen LogP contribution in [0.1, 0.15) is 13.3 Å². The highest BCUT2D eigenvalue weighted by Gasteiger charge is 2.24. The first kappa shape index (κ1) is 11.1. The van der Waals surface area contributed by atoms with Crippen molar-refractivity contribution in [2.75, 3.05) is 11.9 Å². The molecule has 0 spiro atoms. The van der Waals surface area contributed by atoms with Gasteiger partial charge < -0.3 is 10.1 Å². The number of benzene rings is 1. The molecule has 4 heteroatoms. The van der Waals surface area contributed by atoms with Gasteiger partial charge in [0.05, 0.1) is 22.9 Å². The SMILES string of the molecule is CC1OCCC1Nc1cc(Cl)ccc1Cl. The summed E-state index contributed by atoms with van der Waals surface area (Å²) in [6.07, 6.45) is 1.23. The predicted octanol–water partition coefficient (Wildman–Crippen LogP) is 3.58. The first-order chi connectivity index (χ1) is 7.16. The second-order valence-corrected chi connectivity index (χ2v) is 4.58. The van der Waals surface area contributed by atoms with Crippen LogP contribution < -0.4 is 5.32 Å². The second kappa shape index (κ2) is 4.60. The van der Waals surface area contributed by atoms with Gasteiger partial charge in [0.1, 0.15) is 0 Å². The summed E-state index contributed by atoms with van der Waals surface area (Å²) in [5.41, 5.74) is 0.881. The van der Waals surface area contributed by atoms with Crippen molar-refractivity contribution in [1.29, 1.82) is 0 Å². The van der Waals surface area contributed by atoms with Crippen LogP contribution in [0.3, 0.4) is 0 Å². The topological polar surface area (TPSA) is 21.3 Å². The fraction of sp³-hybridized carbons (Fsp3) is 0.455. The lowest BCUT2D eigenvalue weighted by molar-refractivity contribution is 0.121. The average molecular weight is 246 g/mol. The molecule has 0 aromatic heterocycles. The molecule has 0 aliphatic carbocycles. The Balaban J connectivity index is 2.12. The molecule has 2 atom stereocenters. The van der Waals surface area contributed by atoms with E-state index in [1.807, 2.05) is 6.07 Å². The fourth-order valence-corrected chi connectivity index (χ4v) is 2.07. The summed E-state index contributed by atoms with van der Waals surface area (Å²) in [6, 6.07) is 5.74. The smallest absolute Gasteiger partial charge is 0.0748 e. The standard InChI is InChI=1S/C11H13Cl2NO/c1-7-10(4-5-15-7)14-11-6-8(12)2-3-9(11)13/h2-3,6-7,10,14H,4-5H2,1H3. The van der Waals surface area contributed by atoms with Gasteiger partial charge in [-0.05, 0) is 31.5 Å². The summed E-state index contributed by atoms with van der Waals surface area (Å²) in [7, 11) is 0. The maximum absolute atomic E-state index is 6.06. The van der Waals surface area contributed by atoms with E-state index in [-0.39, 0.29) is 6.10 Å². The Labute approximate surface area is 99.5 Å². The molecule has 1 aliphatic heterocycles. The third kappa shape index (κ3) is 2.57. The van der Waals surface area contributed by atoms with Crippen LogP contribution in [-0.4, -0.2) is 18.8 Å². The van der Waals surface area contributed by atoms with Gasteiger partial charge in [-0.15, -0.1) is 0 Å². The minimum atomic E-state index is 0.222. The highest BCUT2D eigenvalue weighted by Crippen LogP contribution is 2.28. The van der Waals surface area contributed by atoms with Crippen molar-refractivity contribution < 1.29 is 4.74 Å². The van der Waals surface area contributed by atoms with Gasteiger partial charge in [-0.1, -0.05) is 23.2 Å². The number of ether oxygens (including phenoxy) is 1. The van der Waals surface area contributed by atoms with Gasteiger partial charge in [0, 0.05) is 11.6 Å². The molecule has 0 radical (unpaired) electrons. The van der Waals surface area contributed by atoms with Crippen molar-refractivity contribution >= 4 is 28.9 Å². The van der Waals surface area contributed by atoms with Crippen LogP contribution in [0.4, 0.5) is 5.69 Å².